The molecular weight excluding hydrogens is 499 g/mol. The minimum Gasteiger partial charge on any atom is -0.381 e. The summed E-state index contributed by atoms with van der Waals surface area (Å²) >= 11 is 0. The lowest BCUT2D eigenvalue weighted by Crippen LogP contribution is -2.49. The molecule has 164 valence electrons. The zero-order chi connectivity index (χ0) is 19.6. The van der Waals surface area contributed by atoms with Gasteiger partial charge in [-0.2, -0.15) is 0 Å². The molecule has 2 aliphatic heterocycles. The van der Waals surface area contributed by atoms with Crippen LogP contribution in [-0.2, 0) is 21.3 Å². The van der Waals surface area contributed by atoms with Gasteiger partial charge in [-0.15, -0.1) is 24.0 Å². The molecule has 3 rings (SSSR count). The van der Waals surface area contributed by atoms with Crippen LogP contribution in [0.4, 0.5) is 0 Å². The van der Waals surface area contributed by atoms with E-state index in [4.69, 9.17) is 4.74 Å². The zero-order valence-corrected chi connectivity index (χ0v) is 20.5. The Morgan fingerprint density at radius 1 is 1.24 bits per heavy atom. The Morgan fingerprint density at radius 2 is 2.00 bits per heavy atom. The molecule has 0 radical (unpaired) electrons. The number of nitrogens with one attached hydrogen (secondary N) is 2. The number of nitrogens with zero attached hydrogens (tertiary/aromatic N) is 2. The predicted octanol–water partition coefficient (Wildman–Crippen LogP) is 2.22. The molecule has 0 amide bonds. The summed E-state index contributed by atoms with van der Waals surface area (Å²) in [6.07, 6.45) is 3.48. The SMILES string of the molecule is CN=C(NCCS(=O)Cc1ccccc1)NC1CCN(CC2CCOC2)CC1.I. The summed E-state index contributed by atoms with van der Waals surface area (Å²) in [4.78, 5) is 6.90. The fourth-order valence-corrected chi connectivity index (χ4v) is 4.89. The van der Waals surface area contributed by atoms with Gasteiger partial charge in [0, 0.05) is 68.2 Å². The number of rotatable bonds is 8. The van der Waals surface area contributed by atoms with Crippen molar-refractivity contribution >= 4 is 40.7 Å². The molecule has 0 spiro atoms. The van der Waals surface area contributed by atoms with Gasteiger partial charge in [0.25, 0.3) is 0 Å². The molecule has 2 N–H and O–H groups in total. The second-order valence-electron chi connectivity index (χ2n) is 7.72. The third-order valence-electron chi connectivity index (χ3n) is 5.49. The van der Waals surface area contributed by atoms with Crippen LogP contribution in [0, 0.1) is 5.92 Å². The average molecular weight is 535 g/mol. The quantitative estimate of drug-likeness (QED) is 0.304. The molecule has 8 heteroatoms. The Labute approximate surface area is 194 Å². The number of likely N-dealkylation sites (tertiary alicyclic amines) is 1. The van der Waals surface area contributed by atoms with Crippen molar-refractivity contribution in [1.82, 2.24) is 15.5 Å². The molecule has 2 saturated heterocycles. The van der Waals surface area contributed by atoms with E-state index in [-0.39, 0.29) is 24.0 Å². The van der Waals surface area contributed by atoms with Crippen molar-refractivity contribution in [2.45, 2.75) is 31.1 Å². The van der Waals surface area contributed by atoms with E-state index in [1.807, 2.05) is 30.3 Å². The van der Waals surface area contributed by atoms with Crippen LogP contribution in [0.25, 0.3) is 0 Å². The van der Waals surface area contributed by atoms with E-state index in [1.165, 1.54) is 13.0 Å². The summed E-state index contributed by atoms with van der Waals surface area (Å²) in [5, 5.41) is 6.85. The van der Waals surface area contributed by atoms with Crippen molar-refractivity contribution in [3.05, 3.63) is 35.9 Å². The Kier molecular flexibility index (Phi) is 11.5. The van der Waals surface area contributed by atoms with Crippen LogP contribution in [0.1, 0.15) is 24.8 Å². The molecule has 2 heterocycles. The van der Waals surface area contributed by atoms with Gasteiger partial charge in [-0.3, -0.25) is 9.20 Å². The number of ether oxygens (including phenoxy) is 1. The van der Waals surface area contributed by atoms with Gasteiger partial charge in [0.1, 0.15) is 0 Å². The largest absolute Gasteiger partial charge is 0.381 e. The van der Waals surface area contributed by atoms with E-state index in [0.717, 1.165) is 56.6 Å². The maximum absolute atomic E-state index is 12.2. The van der Waals surface area contributed by atoms with Crippen LogP contribution >= 0.6 is 24.0 Å². The molecular formula is C21H35IN4O2S. The normalized spacial score (nSPS) is 22.1. The molecule has 2 unspecified atom stereocenters. The number of benzene rings is 1. The molecule has 0 aromatic heterocycles. The summed E-state index contributed by atoms with van der Waals surface area (Å²) < 4.78 is 17.7. The lowest BCUT2D eigenvalue weighted by atomic mass is 10.0. The van der Waals surface area contributed by atoms with Crippen LogP contribution in [0.15, 0.2) is 35.3 Å². The molecule has 0 saturated carbocycles. The smallest absolute Gasteiger partial charge is 0.191 e. The Morgan fingerprint density at radius 3 is 2.66 bits per heavy atom. The summed E-state index contributed by atoms with van der Waals surface area (Å²) in [5.74, 6) is 2.77. The number of guanidine groups is 1. The van der Waals surface area contributed by atoms with Crippen molar-refractivity contribution in [2.75, 3.05) is 52.2 Å². The molecule has 29 heavy (non-hydrogen) atoms. The Balaban J connectivity index is 0.00000300. The van der Waals surface area contributed by atoms with Gasteiger partial charge in [-0.1, -0.05) is 30.3 Å². The molecule has 1 aromatic rings. The minimum atomic E-state index is -0.866. The number of halogens is 1. The fourth-order valence-electron chi connectivity index (χ4n) is 3.86. The van der Waals surface area contributed by atoms with Crippen LogP contribution in [0.3, 0.4) is 0 Å². The van der Waals surface area contributed by atoms with Gasteiger partial charge in [-0.05, 0) is 30.7 Å². The highest BCUT2D eigenvalue weighted by molar-refractivity contribution is 14.0. The van der Waals surface area contributed by atoms with E-state index in [0.29, 0.717) is 24.1 Å². The highest BCUT2D eigenvalue weighted by Crippen LogP contribution is 2.17. The topological polar surface area (TPSA) is 66.0 Å². The number of hydrogen-bond acceptors (Lipinski definition) is 4. The number of piperidine rings is 1. The molecule has 1 aromatic carbocycles. The molecule has 2 atom stereocenters. The van der Waals surface area contributed by atoms with Crippen molar-refractivity contribution in [1.29, 1.82) is 0 Å². The third kappa shape index (κ3) is 8.90. The van der Waals surface area contributed by atoms with Gasteiger partial charge < -0.3 is 20.3 Å². The first kappa shape index (κ1) is 24.6. The third-order valence-corrected chi connectivity index (χ3v) is 6.80. The summed E-state index contributed by atoms with van der Waals surface area (Å²) in [7, 11) is 0.931. The second kappa shape index (κ2) is 13.6. The van der Waals surface area contributed by atoms with Gasteiger partial charge in [0.2, 0.25) is 0 Å². The van der Waals surface area contributed by atoms with Crippen molar-refractivity contribution in [3.63, 3.8) is 0 Å². The number of aliphatic imine (C=N–C) groups is 1. The molecule has 0 bridgehead atoms. The average Bonchev–Trinajstić information content (AvgIpc) is 3.22. The minimum absolute atomic E-state index is 0. The van der Waals surface area contributed by atoms with Crippen LogP contribution in [-0.4, -0.2) is 73.3 Å². The van der Waals surface area contributed by atoms with E-state index < -0.39 is 10.8 Å². The molecule has 0 aliphatic carbocycles. The lowest BCUT2D eigenvalue weighted by Gasteiger charge is -2.34. The van der Waals surface area contributed by atoms with Gasteiger partial charge in [-0.25, -0.2) is 0 Å². The predicted molar refractivity (Wildman–Crippen MR) is 131 cm³/mol. The highest BCUT2D eigenvalue weighted by Gasteiger charge is 2.24. The Hall–Kier alpha value is -0.710. The van der Waals surface area contributed by atoms with Crippen molar-refractivity contribution < 1.29 is 8.95 Å². The van der Waals surface area contributed by atoms with Crippen molar-refractivity contribution in [3.8, 4) is 0 Å². The first-order chi connectivity index (χ1) is 13.7. The highest BCUT2D eigenvalue weighted by atomic mass is 127. The molecule has 2 aliphatic rings. The van der Waals surface area contributed by atoms with E-state index in [9.17, 15) is 4.21 Å². The summed E-state index contributed by atoms with van der Waals surface area (Å²) in [6, 6.07) is 10.5. The van der Waals surface area contributed by atoms with Gasteiger partial charge >= 0.3 is 0 Å². The van der Waals surface area contributed by atoms with E-state index in [2.05, 4.69) is 20.5 Å². The first-order valence-electron chi connectivity index (χ1n) is 10.4. The fraction of sp³-hybridized carbons (Fsp3) is 0.667. The maximum atomic E-state index is 12.2. The molecule has 6 nitrogen and oxygen atoms in total. The molecule has 2 fully saturated rings. The van der Waals surface area contributed by atoms with E-state index >= 15 is 0 Å². The van der Waals surface area contributed by atoms with Gasteiger partial charge in [0.05, 0.1) is 6.61 Å². The zero-order valence-electron chi connectivity index (χ0n) is 17.3. The second-order valence-corrected chi connectivity index (χ2v) is 9.30. The van der Waals surface area contributed by atoms with Crippen LogP contribution in [0.2, 0.25) is 0 Å². The monoisotopic (exact) mass is 534 g/mol. The Bertz CT molecular complexity index is 633. The summed E-state index contributed by atoms with van der Waals surface area (Å²) in [6.45, 7) is 5.96. The van der Waals surface area contributed by atoms with Crippen LogP contribution in [0.5, 0.6) is 0 Å². The lowest BCUT2D eigenvalue weighted by molar-refractivity contribution is 0.150. The first-order valence-corrected chi connectivity index (χ1v) is 11.9. The van der Waals surface area contributed by atoms with Crippen molar-refractivity contribution in [2.24, 2.45) is 10.9 Å². The van der Waals surface area contributed by atoms with Crippen LogP contribution < -0.4 is 10.6 Å². The number of hydrogen-bond donors (Lipinski definition) is 2. The van der Waals surface area contributed by atoms with Gasteiger partial charge in [0.15, 0.2) is 5.96 Å². The van der Waals surface area contributed by atoms with E-state index in [1.54, 1.807) is 7.05 Å². The standard InChI is InChI=1S/C21H34N4O2S.HI/c1-22-21(23-10-14-28(26)17-18-5-3-2-4-6-18)24-20-7-11-25(12-8-20)15-19-9-13-27-16-19;/h2-6,19-20H,7-17H2,1H3,(H2,22,23,24);1H. The summed E-state index contributed by atoms with van der Waals surface area (Å²) in [5.41, 5.74) is 1.12. The maximum Gasteiger partial charge on any atom is 0.191 e.